The third-order valence-electron chi connectivity index (χ3n) is 5.86. The van der Waals surface area contributed by atoms with Crippen LogP contribution in [0, 0.1) is 0 Å². The van der Waals surface area contributed by atoms with Crippen molar-refractivity contribution >= 4 is 18.1 Å². The molecule has 0 aliphatic heterocycles. The Bertz CT molecular complexity index is 1470. The Morgan fingerprint density at radius 1 is 0.500 bits per heavy atom. The van der Waals surface area contributed by atoms with Crippen LogP contribution in [0.3, 0.4) is 0 Å². The Kier molecular flexibility index (Phi) is 7.92. The number of esters is 1. The van der Waals surface area contributed by atoms with Gasteiger partial charge in [0.25, 0.3) is 0 Å². The first-order chi connectivity index (χ1) is 18.7. The second-order valence-corrected chi connectivity index (χ2v) is 8.52. The molecule has 0 unspecified atom stereocenters. The number of carbonyl (C=O) groups is 1. The zero-order chi connectivity index (χ0) is 26.0. The molecular weight excluding hydrogens is 472 g/mol. The fourth-order valence-electron chi connectivity index (χ4n) is 3.79. The molecule has 0 atom stereocenters. The van der Waals surface area contributed by atoms with Gasteiger partial charge in [0.15, 0.2) is 0 Å². The topological polar surface area (TPSA) is 44.8 Å². The number of carbonyl (C=O) groups excluding carboxylic acids is 1. The highest BCUT2D eigenvalue weighted by Gasteiger charge is 2.09. The molecule has 186 valence electrons. The van der Waals surface area contributed by atoms with Crippen LogP contribution < -0.4 is 14.2 Å². The predicted octanol–water partition coefficient (Wildman–Crippen LogP) is 8.16. The Morgan fingerprint density at radius 3 is 1.55 bits per heavy atom. The third-order valence-corrected chi connectivity index (χ3v) is 5.86. The lowest BCUT2D eigenvalue weighted by molar-refractivity contribution is 0.0734. The Hall–Kier alpha value is -5.09. The van der Waals surface area contributed by atoms with Gasteiger partial charge in [-0.3, -0.25) is 0 Å². The van der Waals surface area contributed by atoms with Crippen LogP contribution >= 0.6 is 0 Å². The van der Waals surface area contributed by atoms with Crippen molar-refractivity contribution < 1.29 is 19.0 Å². The van der Waals surface area contributed by atoms with E-state index in [1.165, 1.54) is 0 Å². The summed E-state index contributed by atoms with van der Waals surface area (Å²) in [6.07, 6.45) is 4.02. The Labute approximate surface area is 222 Å². The first kappa shape index (κ1) is 24.6. The summed E-state index contributed by atoms with van der Waals surface area (Å²) in [5.74, 6) is 1.62. The lowest BCUT2D eigenvalue weighted by Gasteiger charge is -2.08. The van der Waals surface area contributed by atoms with Gasteiger partial charge in [0.05, 0.1) is 5.56 Å². The quantitative estimate of drug-likeness (QED) is 0.0890. The van der Waals surface area contributed by atoms with Crippen LogP contribution in [0.15, 0.2) is 133 Å². The van der Waals surface area contributed by atoms with E-state index < -0.39 is 0 Å². The van der Waals surface area contributed by atoms with E-state index in [0.29, 0.717) is 11.3 Å². The van der Waals surface area contributed by atoms with Gasteiger partial charge in [0.2, 0.25) is 6.79 Å². The minimum absolute atomic E-state index is 0.148. The van der Waals surface area contributed by atoms with E-state index in [1.54, 1.807) is 24.3 Å². The number of ether oxygens (including phenoxy) is 3. The highest BCUT2D eigenvalue weighted by atomic mass is 16.7. The lowest BCUT2D eigenvalue weighted by atomic mass is 10.0. The lowest BCUT2D eigenvalue weighted by Crippen LogP contribution is -2.08. The first-order valence-corrected chi connectivity index (χ1v) is 12.3. The van der Waals surface area contributed by atoms with Crippen LogP contribution in [0.1, 0.15) is 21.5 Å². The normalized spacial score (nSPS) is 10.7. The molecule has 5 aromatic rings. The molecule has 0 radical (unpaired) electrons. The van der Waals surface area contributed by atoms with E-state index in [9.17, 15) is 4.79 Å². The van der Waals surface area contributed by atoms with Crippen LogP contribution in [0.25, 0.3) is 23.3 Å². The smallest absolute Gasteiger partial charge is 0.343 e. The number of benzene rings is 5. The summed E-state index contributed by atoms with van der Waals surface area (Å²) in [5.41, 5.74) is 4.70. The molecule has 38 heavy (non-hydrogen) atoms. The van der Waals surface area contributed by atoms with Crippen molar-refractivity contribution in [3.05, 3.63) is 150 Å². The minimum atomic E-state index is -0.385. The molecule has 5 rings (SSSR count). The summed E-state index contributed by atoms with van der Waals surface area (Å²) >= 11 is 0. The molecule has 0 aliphatic carbocycles. The minimum Gasteiger partial charge on any atom is -0.458 e. The summed E-state index contributed by atoms with van der Waals surface area (Å²) in [4.78, 5) is 12.6. The summed E-state index contributed by atoms with van der Waals surface area (Å²) in [7, 11) is 0. The standard InChI is InChI=1S/C34H26O4/c35-34(30-19-17-29(18-20-30)28-7-3-1-4-8-28)38-33-23-15-27(16-24-33)12-11-26-13-21-32(22-14-26)37-25-36-31-9-5-2-6-10-31/h1-24H,25H2. The average Bonchev–Trinajstić information content (AvgIpc) is 2.98. The van der Waals surface area contributed by atoms with E-state index in [1.807, 2.05) is 121 Å². The maximum Gasteiger partial charge on any atom is 0.343 e. The highest BCUT2D eigenvalue weighted by molar-refractivity contribution is 5.91. The molecule has 0 N–H and O–H groups in total. The molecule has 0 aromatic heterocycles. The number of para-hydroxylation sites is 1. The van der Waals surface area contributed by atoms with Crippen molar-refractivity contribution in [1.29, 1.82) is 0 Å². The molecule has 0 saturated heterocycles. The molecule has 4 nitrogen and oxygen atoms in total. The van der Waals surface area contributed by atoms with Gasteiger partial charge in [0, 0.05) is 0 Å². The zero-order valence-electron chi connectivity index (χ0n) is 20.7. The second kappa shape index (κ2) is 12.2. The summed E-state index contributed by atoms with van der Waals surface area (Å²) < 4.78 is 16.8. The van der Waals surface area contributed by atoms with Crippen LogP contribution in [0.2, 0.25) is 0 Å². The van der Waals surface area contributed by atoms with Crippen molar-refractivity contribution in [3.8, 4) is 28.4 Å². The van der Waals surface area contributed by atoms with E-state index in [-0.39, 0.29) is 12.8 Å². The van der Waals surface area contributed by atoms with E-state index in [2.05, 4.69) is 0 Å². The molecule has 0 bridgehead atoms. The molecule has 0 saturated carbocycles. The number of rotatable bonds is 9. The summed E-state index contributed by atoms with van der Waals surface area (Å²) in [6.45, 7) is 0.148. The molecule has 0 fully saturated rings. The van der Waals surface area contributed by atoms with Crippen molar-refractivity contribution in [1.82, 2.24) is 0 Å². The van der Waals surface area contributed by atoms with Crippen LogP contribution in [-0.2, 0) is 0 Å². The van der Waals surface area contributed by atoms with Crippen LogP contribution in [0.4, 0.5) is 0 Å². The molecule has 0 aliphatic rings. The van der Waals surface area contributed by atoms with Gasteiger partial charge in [-0.2, -0.15) is 0 Å². The molecule has 0 heterocycles. The van der Waals surface area contributed by atoms with E-state index in [0.717, 1.165) is 33.8 Å². The predicted molar refractivity (Wildman–Crippen MR) is 151 cm³/mol. The average molecular weight is 499 g/mol. The van der Waals surface area contributed by atoms with Crippen molar-refractivity contribution in [3.63, 3.8) is 0 Å². The van der Waals surface area contributed by atoms with Gasteiger partial charge in [-0.05, 0) is 70.8 Å². The molecule has 0 amide bonds. The fourth-order valence-corrected chi connectivity index (χ4v) is 3.79. The van der Waals surface area contributed by atoms with Crippen molar-refractivity contribution in [2.24, 2.45) is 0 Å². The molecule has 5 aromatic carbocycles. The summed E-state index contributed by atoms with van der Waals surface area (Å²) in [5, 5.41) is 0. The summed E-state index contributed by atoms with van der Waals surface area (Å²) in [6, 6.07) is 42.2. The van der Waals surface area contributed by atoms with Gasteiger partial charge in [-0.25, -0.2) is 4.79 Å². The molecule has 0 spiro atoms. The largest absolute Gasteiger partial charge is 0.458 e. The molecule has 4 heteroatoms. The molecular formula is C34H26O4. The van der Waals surface area contributed by atoms with Crippen LogP contribution in [0.5, 0.6) is 17.2 Å². The highest BCUT2D eigenvalue weighted by Crippen LogP contribution is 2.21. The number of hydrogen-bond donors (Lipinski definition) is 0. The second-order valence-electron chi connectivity index (χ2n) is 8.52. The Balaban J connectivity index is 1.11. The van der Waals surface area contributed by atoms with Gasteiger partial charge < -0.3 is 14.2 Å². The SMILES string of the molecule is O=C(Oc1ccc(C=Cc2ccc(OCOc3ccccc3)cc2)cc1)c1ccc(-c2ccccc2)cc1. The fraction of sp³-hybridized carbons (Fsp3) is 0.0294. The van der Waals surface area contributed by atoms with Gasteiger partial charge in [-0.1, -0.05) is 97.1 Å². The maximum atomic E-state index is 12.6. The number of hydrogen-bond acceptors (Lipinski definition) is 4. The van der Waals surface area contributed by atoms with Crippen molar-refractivity contribution in [2.45, 2.75) is 0 Å². The van der Waals surface area contributed by atoms with Gasteiger partial charge >= 0.3 is 5.97 Å². The maximum absolute atomic E-state index is 12.6. The van der Waals surface area contributed by atoms with Crippen molar-refractivity contribution in [2.75, 3.05) is 6.79 Å². The third kappa shape index (κ3) is 6.77. The Morgan fingerprint density at radius 2 is 0.974 bits per heavy atom. The first-order valence-electron chi connectivity index (χ1n) is 12.3. The van der Waals surface area contributed by atoms with Gasteiger partial charge in [0.1, 0.15) is 17.2 Å². The monoisotopic (exact) mass is 498 g/mol. The zero-order valence-corrected chi connectivity index (χ0v) is 20.7. The van der Waals surface area contributed by atoms with E-state index >= 15 is 0 Å². The van der Waals surface area contributed by atoms with Crippen LogP contribution in [-0.4, -0.2) is 12.8 Å². The van der Waals surface area contributed by atoms with E-state index in [4.69, 9.17) is 14.2 Å². The van der Waals surface area contributed by atoms with Gasteiger partial charge in [-0.15, -0.1) is 0 Å².